The van der Waals surface area contributed by atoms with Gasteiger partial charge in [0, 0.05) is 10.9 Å². The van der Waals surface area contributed by atoms with E-state index in [1.165, 1.54) is 28.8 Å². The molecule has 106 valence electrons. The van der Waals surface area contributed by atoms with Crippen LogP contribution in [0, 0.1) is 0 Å². The first kappa shape index (κ1) is 13.8. The third-order valence-electron chi connectivity index (χ3n) is 3.61. The van der Waals surface area contributed by atoms with Crippen LogP contribution in [0.1, 0.15) is 28.8 Å². The van der Waals surface area contributed by atoms with Gasteiger partial charge in [0.1, 0.15) is 0 Å². The lowest BCUT2D eigenvalue weighted by molar-refractivity contribution is 0.108. The van der Waals surface area contributed by atoms with Gasteiger partial charge in [0.05, 0.1) is 13.2 Å². The Labute approximate surface area is 124 Å². The SMILES string of the molecule is c1csc(COCc2ccccc2CCNC2CC2)c1. The minimum atomic E-state index is 0.706. The van der Waals surface area contributed by atoms with Crippen molar-refractivity contribution < 1.29 is 4.74 Å². The second-order valence-corrected chi connectivity index (χ2v) is 6.35. The topological polar surface area (TPSA) is 21.3 Å². The Bertz CT molecular complexity index is 520. The zero-order valence-corrected chi connectivity index (χ0v) is 12.5. The highest BCUT2D eigenvalue weighted by Crippen LogP contribution is 2.19. The van der Waals surface area contributed by atoms with Crippen molar-refractivity contribution in [2.45, 2.75) is 38.5 Å². The molecule has 1 heterocycles. The molecule has 1 aliphatic rings. The Kier molecular flexibility index (Phi) is 4.85. The summed E-state index contributed by atoms with van der Waals surface area (Å²) in [6.07, 6.45) is 3.80. The molecular formula is C17H21NOS. The maximum absolute atomic E-state index is 5.83. The van der Waals surface area contributed by atoms with Crippen molar-refractivity contribution in [3.8, 4) is 0 Å². The van der Waals surface area contributed by atoms with Crippen molar-refractivity contribution in [1.82, 2.24) is 5.32 Å². The average molecular weight is 287 g/mol. The van der Waals surface area contributed by atoms with E-state index in [2.05, 4.69) is 47.1 Å². The summed E-state index contributed by atoms with van der Waals surface area (Å²) in [5, 5.41) is 5.67. The van der Waals surface area contributed by atoms with Crippen LogP contribution in [0.5, 0.6) is 0 Å². The lowest BCUT2D eigenvalue weighted by atomic mass is 10.1. The summed E-state index contributed by atoms with van der Waals surface area (Å²) in [5.41, 5.74) is 2.73. The van der Waals surface area contributed by atoms with E-state index >= 15 is 0 Å². The molecule has 1 N–H and O–H groups in total. The number of nitrogens with one attached hydrogen (secondary N) is 1. The highest BCUT2D eigenvalue weighted by Gasteiger charge is 2.19. The van der Waals surface area contributed by atoms with E-state index in [0.717, 1.165) is 19.0 Å². The van der Waals surface area contributed by atoms with Crippen LogP contribution in [-0.2, 0) is 24.4 Å². The van der Waals surface area contributed by atoms with Crippen molar-refractivity contribution >= 4 is 11.3 Å². The number of hydrogen-bond donors (Lipinski definition) is 1. The molecule has 2 aromatic rings. The minimum Gasteiger partial charge on any atom is -0.371 e. The smallest absolute Gasteiger partial charge is 0.0813 e. The molecule has 0 spiro atoms. The molecular weight excluding hydrogens is 266 g/mol. The molecule has 2 nitrogen and oxygen atoms in total. The van der Waals surface area contributed by atoms with E-state index in [9.17, 15) is 0 Å². The van der Waals surface area contributed by atoms with Crippen molar-refractivity contribution in [1.29, 1.82) is 0 Å². The zero-order chi connectivity index (χ0) is 13.6. The van der Waals surface area contributed by atoms with Gasteiger partial charge < -0.3 is 10.1 Å². The Morgan fingerprint density at radius 2 is 1.90 bits per heavy atom. The first-order chi connectivity index (χ1) is 9.92. The van der Waals surface area contributed by atoms with Gasteiger partial charge in [-0.3, -0.25) is 0 Å². The first-order valence-corrected chi connectivity index (χ1v) is 8.20. The Hall–Kier alpha value is -1.16. The van der Waals surface area contributed by atoms with Crippen LogP contribution in [0.25, 0.3) is 0 Å². The lowest BCUT2D eigenvalue weighted by Gasteiger charge is -2.10. The lowest BCUT2D eigenvalue weighted by Crippen LogP contribution is -2.19. The summed E-state index contributed by atoms with van der Waals surface area (Å²) < 4.78 is 5.83. The Balaban J connectivity index is 1.49. The van der Waals surface area contributed by atoms with Gasteiger partial charge in [0.15, 0.2) is 0 Å². The number of ether oxygens (including phenoxy) is 1. The van der Waals surface area contributed by atoms with E-state index in [4.69, 9.17) is 4.74 Å². The largest absolute Gasteiger partial charge is 0.371 e. The summed E-state index contributed by atoms with van der Waals surface area (Å²) in [5.74, 6) is 0. The molecule has 0 radical (unpaired) electrons. The van der Waals surface area contributed by atoms with Gasteiger partial charge >= 0.3 is 0 Å². The van der Waals surface area contributed by atoms with Gasteiger partial charge in [-0.2, -0.15) is 0 Å². The molecule has 1 aromatic heterocycles. The molecule has 3 heteroatoms. The van der Waals surface area contributed by atoms with Gasteiger partial charge in [-0.05, 0) is 48.4 Å². The molecule has 1 aromatic carbocycles. The monoisotopic (exact) mass is 287 g/mol. The molecule has 0 amide bonds. The normalized spacial score (nSPS) is 14.6. The molecule has 0 saturated heterocycles. The summed E-state index contributed by atoms with van der Waals surface area (Å²) in [6, 6.07) is 13.6. The Morgan fingerprint density at radius 1 is 1.05 bits per heavy atom. The van der Waals surface area contributed by atoms with E-state index in [0.29, 0.717) is 13.2 Å². The number of thiophene rings is 1. The van der Waals surface area contributed by atoms with E-state index in [1.807, 2.05) is 0 Å². The van der Waals surface area contributed by atoms with E-state index < -0.39 is 0 Å². The fraction of sp³-hybridized carbons (Fsp3) is 0.412. The standard InChI is InChI=1S/C17H21NOS/c1-2-5-15(12-19-13-17-6-3-11-20-17)14(4-1)9-10-18-16-7-8-16/h1-6,11,16,18H,7-10,12-13H2. The first-order valence-electron chi connectivity index (χ1n) is 7.32. The molecule has 0 atom stereocenters. The van der Waals surface area contributed by atoms with Crippen molar-refractivity contribution in [3.05, 3.63) is 57.8 Å². The van der Waals surface area contributed by atoms with Crippen LogP contribution in [0.4, 0.5) is 0 Å². The molecule has 0 unspecified atom stereocenters. The summed E-state index contributed by atoms with van der Waals surface area (Å²) >= 11 is 1.75. The number of benzene rings is 1. The van der Waals surface area contributed by atoms with Gasteiger partial charge in [-0.15, -0.1) is 11.3 Å². The van der Waals surface area contributed by atoms with Gasteiger partial charge in [0.2, 0.25) is 0 Å². The van der Waals surface area contributed by atoms with Crippen molar-refractivity contribution in [3.63, 3.8) is 0 Å². The number of rotatable bonds is 8. The van der Waals surface area contributed by atoms with Crippen molar-refractivity contribution in [2.24, 2.45) is 0 Å². The summed E-state index contributed by atoms with van der Waals surface area (Å²) in [7, 11) is 0. The number of hydrogen-bond acceptors (Lipinski definition) is 3. The predicted octanol–water partition coefficient (Wildman–Crippen LogP) is 3.76. The fourth-order valence-electron chi connectivity index (χ4n) is 2.30. The molecule has 1 fully saturated rings. The molecule has 20 heavy (non-hydrogen) atoms. The summed E-state index contributed by atoms with van der Waals surface area (Å²) in [4.78, 5) is 1.29. The fourth-order valence-corrected chi connectivity index (χ4v) is 2.94. The van der Waals surface area contributed by atoms with Crippen LogP contribution in [-0.4, -0.2) is 12.6 Å². The molecule has 0 aliphatic heterocycles. The van der Waals surface area contributed by atoms with Gasteiger partial charge in [0.25, 0.3) is 0 Å². The van der Waals surface area contributed by atoms with Crippen LogP contribution in [0.15, 0.2) is 41.8 Å². The second-order valence-electron chi connectivity index (χ2n) is 5.32. The highest BCUT2D eigenvalue weighted by atomic mass is 32.1. The van der Waals surface area contributed by atoms with Crippen LogP contribution in [0.3, 0.4) is 0 Å². The quantitative estimate of drug-likeness (QED) is 0.798. The van der Waals surface area contributed by atoms with Crippen LogP contribution < -0.4 is 5.32 Å². The van der Waals surface area contributed by atoms with E-state index in [-0.39, 0.29) is 0 Å². The molecule has 1 aliphatic carbocycles. The second kappa shape index (κ2) is 7.02. The van der Waals surface area contributed by atoms with Crippen LogP contribution >= 0.6 is 11.3 Å². The maximum atomic E-state index is 5.83. The maximum Gasteiger partial charge on any atom is 0.0813 e. The van der Waals surface area contributed by atoms with Gasteiger partial charge in [-0.25, -0.2) is 0 Å². The molecule has 3 rings (SSSR count). The zero-order valence-electron chi connectivity index (χ0n) is 11.7. The van der Waals surface area contributed by atoms with Crippen LogP contribution in [0.2, 0.25) is 0 Å². The molecule has 1 saturated carbocycles. The third-order valence-corrected chi connectivity index (χ3v) is 4.45. The highest BCUT2D eigenvalue weighted by molar-refractivity contribution is 7.09. The predicted molar refractivity (Wildman–Crippen MR) is 84.0 cm³/mol. The van der Waals surface area contributed by atoms with Gasteiger partial charge in [-0.1, -0.05) is 30.3 Å². The summed E-state index contributed by atoms with van der Waals surface area (Å²) in [6.45, 7) is 2.50. The Morgan fingerprint density at radius 3 is 2.65 bits per heavy atom. The van der Waals surface area contributed by atoms with Crippen molar-refractivity contribution in [2.75, 3.05) is 6.54 Å². The minimum absolute atomic E-state index is 0.706. The average Bonchev–Trinajstić information content (AvgIpc) is 3.15. The third kappa shape index (κ3) is 4.17. The van der Waals surface area contributed by atoms with E-state index in [1.54, 1.807) is 11.3 Å². The molecule has 0 bridgehead atoms.